The molecule has 0 aromatic rings. The van der Waals surface area contributed by atoms with Gasteiger partial charge in [-0.2, -0.15) is 5.26 Å². The van der Waals surface area contributed by atoms with Gasteiger partial charge in [-0.05, 0) is 6.20 Å². The third-order valence-electron chi connectivity index (χ3n) is 1.54. The summed E-state index contributed by atoms with van der Waals surface area (Å²) >= 11 is 0. The molecule has 76 valence electrons. The first kappa shape index (κ1) is 12.2. The number of rotatable bonds is 5. The lowest BCUT2D eigenvalue weighted by atomic mass is 10.4. The van der Waals surface area contributed by atoms with E-state index in [0.717, 1.165) is 0 Å². The molecule has 0 unspecified atom stereocenters. The Kier molecular flexibility index (Phi) is 5.79. The van der Waals surface area contributed by atoms with Gasteiger partial charge in [0, 0.05) is 20.0 Å². The summed E-state index contributed by atoms with van der Waals surface area (Å²) in [5.41, 5.74) is 0. The van der Waals surface area contributed by atoms with E-state index >= 15 is 0 Å². The molecule has 0 atom stereocenters. The van der Waals surface area contributed by atoms with Crippen LogP contribution in [0.4, 0.5) is 0 Å². The van der Waals surface area contributed by atoms with Crippen LogP contribution in [0.15, 0.2) is 12.8 Å². The summed E-state index contributed by atoms with van der Waals surface area (Å²) in [5.74, 6) is -0.463. The van der Waals surface area contributed by atoms with E-state index in [9.17, 15) is 9.59 Å². The molecule has 2 amide bonds. The monoisotopic (exact) mass is 195 g/mol. The molecule has 0 aromatic heterocycles. The van der Waals surface area contributed by atoms with Crippen molar-refractivity contribution in [2.45, 2.75) is 13.3 Å². The second-order valence-corrected chi connectivity index (χ2v) is 2.58. The minimum absolute atomic E-state index is 0.130. The molecule has 0 saturated carbocycles. The molecule has 0 aromatic carbocycles. The van der Waals surface area contributed by atoms with E-state index in [1.165, 1.54) is 18.0 Å². The smallest absolute Gasteiger partial charge is 0.234 e. The molecule has 0 bridgehead atoms. The SMILES string of the molecule is C=CN(CCNC(=O)CC#N)C(C)=O. The summed E-state index contributed by atoms with van der Waals surface area (Å²) in [7, 11) is 0. The number of amides is 2. The second kappa shape index (κ2) is 6.66. The van der Waals surface area contributed by atoms with Crippen molar-refractivity contribution in [1.29, 1.82) is 5.26 Å². The van der Waals surface area contributed by atoms with Gasteiger partial charge in [-0.1, -0.05) is 6.58 Å². The maximum Gasteiger partial charge on any atom is 0.234 e. The van der Waals surface area contributed by atoms with Crippen molar-refractivity contribution in [3.63, 3.8) is 0 Å². The Hall–Kier alpha value is -1.83. The summed E-state index contributed by atoms with van der Waals surface area (Å²) in [6.45, 7) is 5.57. The molecule has 0 rings (SSSR count). The zero-order chi connectivity index (χ0) is 11.0. The molecular formula is C9H13N3O2. The summed E-state index contributed by atoms with van der Waals surface area (Å²) < 4.78 is 0. The van der Waals surface area contributed by atoms with Gasteiger partial charge in [0.25, 0.3) is 0 Å². The number of hydrogen-bond acceptors (Lipinski definition) is 3. The van der Waals surface area contributed by atoms with Gasteiger partial charge in [-0.3, -0.25) is 9.59 Å². The van der Waals surface area contributed by atoms with Gasteiger partial charge in [0.2, 0.25) is 11.8 Å². The Morgan fingerprint density at radius 3 is 2.71 bits per heavy atom. The van der Waals surface area contributed by atoms with Crippen LogP contribution in [0.1, 0.15) is 13.3 Å². The van der Waals surface area contributed by atoms with Crippen LogP contribution in [0.5, 0.6) is 0 Å². The number of carbonyl (C=O) groups excluding carboxylic acids is 2. The molecular weight excluding hydrogens is 182 g/mol. The van der Waals surface area contributed by atoms with E-state index in [0.29, 0.717) is 13.1 Å². The molecule has 14 heavy (non-hydrogen) atoms. The highest BCUT2D eigenvalue weighted by Crippen LogP contribution is 1.88. The summed E-state index contributed by atoms with van der Waals surface area (Å²) in [5, 5.41) is 10.7. The standard InChI is InChI=1S/C9H13N3O2/c1-3-12(8(2)13)7-6-11-9(14)4-5-10/h3H,1,4,6-7H2,2H3,(H,11,14). The van der Waals surface area contributed by atoms with E-state index in [1.807, 2.05) is 0 Å². The van der Waals surface area contributed by atoms with Crippen LogP contribution < -0.4 is 5.32 Å². The number of hydrogen-bond donors (Lipinski definition) is 1. The summed E-state index contributed by atoms with van der Waals surface area (Å²) in [6, 6.07) is 1.73. The third-order valence-corrected chi connectivity index (χ3v) is 1.54. The summed E-state index contributed by atoms with van der Waals surface area (Å²) in [4.78, 5) is 23.1. The van der Waals surface area contributed by atoms with Crippen LogP contribution in [0.25, 0.3) is 0 Å². The van der Waals surface area contributed by atoms with E-state index in [-0.39, 0.29) is 18.2 Å². The van der Waals surface area contributed by atoms with Gasteiger partial charge >= 0.3 is 0 Å². The molecule has 5 nitrogen and oxygen atoms in total. The fourth-order valence-corrected chi connectivity index (χ4v) is 0.827. The minimum atomic E-state index is -0.333. The van der Waals surface area contributed by atoms with Gasteiger partial charge < -0.3 is 10.2 Å². The van der Waals surface area contributed by atoms with Crippen molar-refractivity contribution < 1.29 is 9.59 Å². The van der Waals surface area contributed by atoms with E-state index in [1.54, 1.807) is 6.07 Å². The Labute approximate surface area is 83.0 Å². The normalized spacial score (nSPS) is 8.57. The predicted octanol–water partition coefficient (Wildman–Crippen LogP) is 0.00828. The van der Waals surface area contributed by atoms with Crippen LogP contribution >= 0.6 is 0 Å². The maximum atomic E-state index is 10.9. The molecule has 5 heteroatoms. The molecule has 0 spiro atoms. The Bertz CT molecular complexity index is 268. The topological polar surface area (TPSA) is 73.2 Å². The quantitative estimate of drug-likeness (QED) is 0.671. The maximum absolute atomic E-state index is 10.9. The largest absolute Gasteiger partial charge is 0.353 e. The number of nitrogens with one attached hydrogen (secondary N) is 1. The van der Waals surface area contributed by atoms with E-state index < -0.39 is 0 Å². The van der Waals surface area contributed by atoms with Crippen LogP contribution in [0, 0.1) is 11.3 Å². The highest BCUT2D eigenvalue weighted by Gasteiger charge is 2.04. The zero-order valence-electron chi connectivity index (χ0n) is 8.12. The van der Waals surface area contributed by atoms with Crippen LogP contribution in [0.2, 0.25) is 0 Å². The van der Waals surface area contributed by atoms with Crippen LogP contribution in [0.3, 0.4) is 0 Å². The van der Waals surface area contributed by atoms with Crippen molar-refractivity contribution in [3.8, 4) is 6.07 Å². The van der Waals surface area contributed by atoms with Crippen LogP contribution in [-0.4, -0.2) is 29.8 Å². The first-order chi connectivity index (χ1) is 6.61. The summed E-state index contributed by atoms with van der Waals surface area (Å²) in [6.07, 6.45) is 1.24. The van der Waals surface area contributed by atoms with Crippen molar-refractivity contribution in [2.75, 3.05) is 13.1 Å². The molecule has 0 saturated heterocycles. The van der Waals surface area contributed by atoms with Crippen LogP contribution in [-0.2, 0) is 9.59 Å². The van der Waals surface area contributed by atoms with Crippen molar-refractivity contribution >= 4 is 11.8 Å². The van der Waals surface area contributed by atoms with Gasteiger partial charge in [0.05, 0.1) is 6.07 Å². The lowest BCUT2D eigenvalue weighted by Gasteiger charge is -2.15. The number of nitrogens with zero attached hydrogens (tertiary/aromatic N) is 2. The van der Waals surface area contributed by atoms with Gasteiger partial charge in [0.15, 0.2) is 0 Å². The third kappa shape index (κ3) is 4.93. The van der Waals surface area contributed by atoms with E-state index in [4.69, 9.17) is 5.26 Å². The van der Waals surface area contributed by atoms with Gasteiger partial charge in [0.1, 0.15) is 6.42 Å². The molecule has 0 aliphatic heterocycles. The fourth-order valence-electron chi connectivity index (χ4n) is 0.827. The highest BCUT2D eigenvalue weighted by molar-refractivity contribution is 5.78. The second-order valence-electron chi connectivity index (χ2n) is 2.58. The zero-order valence-corrected chi connectivity index (χ0v) is 8.12. The average Bonchev–Trinajstić information content (AvgIpc) is 2.12. The van der Waals surface area contributed by atoms with Crippen molar-refractivity contribution in [2.24, 2.45) is 0 Å². The van der Waals surface area contributed by atoms with Gasteiger partial charge in [-0.15, -0.1) is 0 Å². The lowest BCUT2D eigenvalue weighted by Crippen LogP contribution is -2.34. The molecule has 0 heterocycles. The molecule has 0 aliphatic carbocycles. The predicted molar refractivity (Wildman–Crippen MR) is 50.8 cm³/mol. The Morgan fingerprint density at radius 2 is 2.29 bits per heavy atom. The first-order valence-corrected chi connectivity index (χ1v) is 4.15. The molecule has 0 fully saturated rings. The minimum Gasteiger partial charge on any atom is -0.353 e. The molecule has 1 N–H and O–H groups in total. The molecule has 0 aliphatic rings. The highest BCUT2D eigenvalue weighted by atomic mass is 16.2. The first-order valence-electron chi connectivity index (χ1n) is 4.15. The van der Waals surface area contributed by atoms with E-state index in [2.05, 4.69) is 11.9 Å². The average molecular weight is 195 g/mol. The fraction of sp³-hybridized carbons (Fsp3) is 0.444. The Morgan fingerprint density at radius 1 is 1.64 bits per heavy atom. The number of carbonyl (C=O) groups is 2. The van der Waals surface area contributed by atoms with Gasteiger partial charge in [-0.25, -0.2) is 0 Å². The van der Waals surface area contributed by atoms with Crippen molar-refractivity contribution in [1.82, 2.24) is 10.2 Å². The Balaban J connectivity index is 3.73. The molecule has 0 radical (unpaired) electrons. The van der Waals surface area contributed by atoms with Crippen molar-refractivity contribution in [3.05, 3.63) is 12.8 Å². The number of nitriles is 1. The lowest BCUT2D eigenvalue weighted by molar-refractivity contribution is -0.127.